The number of aromatic nitrogens is 1. The Morgan fingerprint density at radius 1 is 1.15 bits per heavy atom. The zero-order valence-corrected chi connectivity index (χ0v) is 19.3. The number of hydrogen-bond donors (Lipinski definition) is 0. The van der Waals surface area contributed by atoms with E-state index in [9.17, 15) is 9.18 Å². The number of carbonyl (C=O) groups excluding carboxylic acids is 1. The first kappa shape index (κ1) is 22.6. The summed E-state index contributed by atoms with van der Waals surface area (Å²) in [6.45, 7) is 5.85. The molecule has 6 heteroatoms. The largest absolute Gasteiger partial charge is 0.497 e. The third-order valence-electron chi connectivity index (χ3n) is 5.60. The molecule has 0 amide bonds. The predicted molar refractivity (Wildman–Crippen MR) is 126 cm³/mol. The summed E-state index contributed by atoms with van der Waals surface area (Å²) in [5.74, 6) is 0.607. The highest BCUT2D eigenvalue weighted by Gasteiger charge is 2.26. The maximum atomic E-state index is 14.8. The second kappa shape index (κ2) is 9.53. The molecule has 1 aliphatic heterocycles. The first-order chi connectivity index (χ1) is 15.8. The van der Waals surface area contributed by atoms with E-state index in [2.05, 4.69) is 10.1 Å². The van der Waals surface area contributed by atoms with Gasteiger partial charge < -0.3 is 9.57 Å². The van der Waals surface area contributed by atoms with Crippen LogP contribution in [0.5, 0.6) is 5.75 Å². The van der Waals surface area contributed by atoms with Crippen molar-refractivity contribution in [2.45, 2.75) is 39.7 Å². The van der Waals surface area contributed by atoms with E-state index in [4.69, 9.17) is 9.57 Å². The van der Waals surface area contributed by atoms with Crippen LogP contribution in [0.2, 0.25) is 0 Å². The molecule has 33 heavy (non-hydrogen) atoms. The SMILES string of the molecule is COc1ccnc(C2CC(c3cc(C(=O)CC(C)C)cc(-c4ccc(C)cc4F)c3)=NO2)c1. The van der Waals surface area contributed by atoms with E-state index >= 15 is 0 Å². The Hall–Kier alpha value is -3.54. The van der Waals surface area contributed by atoms with E-state index < -0.39 is 0 Å². The Morgan fingerprint density at radius 2 is 1.94 bits per heavy atom. The van der Waals surface area contributed by atoms with Crippen LogP contribution in [0.15, 0.2) is 59.9 Å². The van der Waals surface area contributed by atoms with Gasteiger partial charge in [-0.2, -0.15) is 0 Å². The lowest BCUT2D eigenvalue weighted by Crippen LogP contribution is -2.08. The van der Waals surface area contributed by atoms with E-state index in [-0.39, 0.29) is 23.6 Å². The van der Waals surface area contributed by atoms with Crippen molar-refractivity contribution in [1.29, 1.82) is 0 Å². The average Bonchev–Trinajstić information content (AvgIpc) is 3.29. The predicted octanol–water partition coefficient (Wildman–Crippen LogP) is 6.30. The van der Waals surface area contributed by atoms with Gasteiger partial charge in [0.25, 0.3) is 0 Å². The van der Waals surface area contributed by atoms with Gasteiger partial charge in [-0.15, -0.1) is 0 Å². The minimum absolute atomic E-state index is 0.0196. The number of benzene rings is 2. The maximum Gasteiger partial charge on any atom is 0.175 e. The molecule has 0 fully saturated rings. The number of nitrogens with zero attached hydrogens (tertiary/aromatic N) is 2. The fourth-order valence-corrected chi connectivity index (χ4v) is 3.89. The minimum Gasteiger partial charge on any atom is -0.497 e. The molecular formula is C27H27FN2O3. The number of halogens is 1. The van der Waals surface area contributed by atoms with Crippen LogP contribution in [0.25, 0.3) is 11.1 Å². The summed E-state index contributed by atoms with van der Waals surface area (Å²) in [7, 11) is 1.60. The summed E-state index contributed by atoms with van der Waals surface area (Å²) in [5.41, 5.74) is 4.62. The zero-order chi connectivity index (χ0) is 23.5. The molecule has 0 saturated carbocycles. The molecule has 0 bridgehead atoms. The number of carbonyl (C=O) groups is 1. The number of ketones is 1. The minimum atomic E-state index is -0.357. The number of pyridine rings is 1. The molecule has 0 spiro atoms. The van der Waals surface area contributed by atoms with Gasteiger partial charge in [-0.1, -0.05) is 31.1 Å². The van der Waals surface area contributed by atoms with Crippen LogP contribution >= 0.6 is 0 Å². The number of methoxy groups -OCH3 is 1. The van der Waals surface area contributed by atoms with Gasteiger partial charge in [-0.25, -0.2) is 4.39 Å². The van der Waals surface area contributed by atoms with E-state index in [0.717, 1.165) is 11.1 Å². The lowest BCUT2D eigenvalue weighted by Gasteiger charge is -2.12. The highest BCUT2D eigenvalue weighted by Crippen LogP contribution is 2.33. The van der Waals surface area contributed by atoms with Gasteiger partial charge in [0.2, 0.25) is 0 Å². The molecule has 0 aliphatic carbocycles. The van der Waals surface area contributed by atoms with Gasteiger partial charge >= 0.3 is 0 Å². The van der Waals surface area contributed by atoms with E-state index in [1.165, 1.54) is 6.07 Å². The summed E-state index contributed by atoms with van der Waals surface area (Å²) >= 11 is 0. The number of oxime groups is 1. The third kappa shape index (κ3) is 5.11. The first-order valence-electron chi connectivity index (χ1n) is 11.0. The van der Waals surface area contributed by atoms with Crippen molar-refractivity contribution in [1.82, 2.24) is 4.98 Å². The van der Waals surface area contributed by atoms with Crippen molar-refractivity contribution in [3.8, 4) is 16.9 Å². The summed E-state index contributed by atoms with van der Waals surface area (Å²) in [6, 6.07) is 14.1. The smallest absolute Gasteiger partial charge is 0.175 e. The van der Waals surface area contributed by atoms with Crippen molar-refractivity contribution < 1.29 is 18.8 Å². The Bertz CT molecular complexity index is 1220. The molecule has 4 rings (SSSR count). The molecule has 170 valence electrons. The van der Waals surface area contributed by atoms with Crippen LogP contribution in [0, 0.1) is 18.7 Å². The number of aryl methyl sites for hydroxylation is 1. The quantitative estimate of drug-likeness (QED) is 0.400. The van der Waals surface area contributed by atoms with E-state index in [0.29, 0.717) is 46.7 Å². The average molecular weight is 447 g/mol. The summed E-state index contributed by atoms with van der Waals surface area (Å²) in [6.07, 6.45) is 2.21. The molecule has 5 nitrogen and oxygen atoms in total. The van der Waals surface area contributed by atoms with Gasteiger partial charge in [-0.3, -0.25) is 9.78 Å². The number of hydrogen-bond acceptors (Lipinski definition) is 5. The zero-order valence-electron chi connectivity index (χ0n) is 19.3. The monoisotopic (exact) mass is 446 g/mol. The van der Waals surface area contributed by atoms with Crippen LogP contribution in [0.1, 0.15) is 60.0 Å². The fourth-order valence-electron chi connectivity index (χ4n) is 3.89. The highest BCUT2D eigenvalue weighted by molar-refractivity contribution is 6.05. The number of rotatable bonds is 7. The van der Waals surface area contributed by atoms with Gasteiger partial charge in [0.1, 0.15) is 11.6 Å². The van der Waals surface area contributed by atoms with Crippen molar-refractivity contribution in [3.05, 3.63) is 82.9 Å². The molecule has 0 radical (unpaired) electrons. The Balaban J connectivity index is 1.70. The van der Waals surface area contributed by atoms with Crippen LogP contribution in [-0.4, -0.2) is 23.6 Å². The lowest BCUT2D eigenvalue weighted by molar-refractivity contribution is 0.0824. The highest BCUT2D eigenvalue weighted by atomic mass is 19.1. The lowest BCUT2D eigenvalue weighted by atomic mass is 9.92. The van der Waals surface area contributed by atoms with Crippen LogP contribution in [-0.2, 0) is 4.84 Å². The summed E-state index contributed by atoms with van der Waals surface area (Å²) in [5, 5.41) is 4.28. The molecular weight excluding hydrogens is 419 g/mol. The first-order valence-corrected chi connectivity index (χ1v) is 11.0. The van der Waals surface area contributed by atoms with Crippen molar-refractivity contribution in [2.24, 2.45) is 11.1 Å². The van der Waals surface area contributed by atoms with Crippen LogP contribution in [0.3, 0.4) is 0 Å². The Kier molecular flexibility index (Phi) is 6.54. The van der Waals surface area contributed by atoms with Gasteiger partial charge in [0.05, 0.1) is 18.5 Å². The molecule has 3 aromatic rings. The van der Waals surface area contributed by atoms with E-state index in [1.54, 1.807) is 31.5 Å². The second-order valence-corrected chi connectivity index (χ2v) is 8.76. The molecule has 1 unspecified atom stereocenters. The summed E-state index contributed by atoms with van der Waals surface area (Å²) < 4.78 is 20.1. The summed E-state index contributed by atoms with van der Waals surface area (Å²) in [4.78, 5) is 23.0. The normalized spacial score (nSPS) is 15.3. The number of ether oxygens (including phenoxy) is 1. The Morgan fingerprint density at radius 3 is 2.67 bits per heavy atom. The fraction of sp³-hybridized carbons (Fsp3) is 0.296. The standard InChI is InChI=1S/C27H27FN2O3/c1-16(2)9-26(31)20-12-18(22-6-5-17(3)10-23(22)28)11-19(13-20)24-15-27(33-30-24)25-14-21(32-4)7-8-29-25/h5-8,10-14,16,27H,9,15H2,1-4H3. The van der Waals surface area contributed by atoms with Gasteiger partial charge in [-0.05, 0) is 54.3 Å². The second-order valence-electron chi connectivity index (χ2n) is 8.76. The Labute approximate surface area is 193 Å². The van der Waals surface area contributed by atoms with Gasteiger partial charge in [0.15, 0.2) is 11.9 Å². The molecule has 0 N–H and O–H groups in total. The van der Waals surface area contributed by atoms with Crippen molar-refractivity contribution in [2.75, 3.05) is 7.11 Å². The molecule has 0 saturated heterocycles. The van der Waals surface area contributed by atoms with Crippen molar-refractivity contribution in [3.63, 3.8) is 0 Å². The molecule has 2 aromatic carbocycles. The van der Waals surface area contributed by atoms with Crippen LogP contribution < -0.4 is 4.74 Å². The van der Waals surface area contributed by atoms with E-state index in [1.807, 2.05) is 45.0 Å². The topological polar surface area (TPSA) is 60.8 Å². The molecule has 2 heterocycles. The molecule has 1 atom stereocenters. The van der Waals surface area contributed by atoms with Crippen LogP contribution in [0.4, 0.5) is 4.39 Å². The van der Waals surface area contributed by atoms with Crippen molar-refractivity contribution >= 4 is 11.5 Å². The number of Topliss-reactive ketones (excluding diaryl/α,β-unsaturated/α-hetero) is 1. The van der Waals surface area contributed by atoms with Gasteiger partial charge in [0, 0.05) is 41.8 Å². The molecule has 1 aromatic heterocycles. The maximum absolute atomic E-state index is 14.8. The third-order valence-corrected chi connectivity index (χ3v) is 5.60. The molecule has 1 aliphatic rings.